The van der Waals surface area contributed by atoms with Gasteiger partial charge in [0.05, 0.1) is 6.61 Å². The summed E-state index contributed by atoms with van der Waals surface area (Å²) in [7, 11) is 1.67. The fraction of sp³-hybridized carbons (Fsp3) is 0.500. The maximum Gasteiger partial charge on any atom is 0.350 e. The predicted octanol–water partition coefficient (Wildman–Crippen LogP) is 0.148. The number of nitrogens with zero attached hydrogens (tertiary/aromatic N) is 3. The minimum absolute atomic E-state index is 0.130. The molecule has 0 N–H and O–H groups in total. The van der Waals surface area contributed by atoms with E-state index in [4.69, 9.17) is 4.74 Å². The number of rotatable bonds is 4. The van der Waals surface area contributed by atoms with Crippen molar-refractivity contribution < 1.29 is 23.9 Å². The van der Waals surface area contributed by atoms with Crippen molar-refractivity contribution in [3.8, 4) is 0 Å². The molecule has 1 aromatic rings. The topological polar surface area (TPSA) is 98.0 Å². The van der Waals surface area contributed by atoms with Crippen LogP contribution in [0.3, 0.4) is 0 Å². The molecule has 2 heterocycles. The van der Waals surface area contributed by atoms with E-state index in [1.807, 2.05) is 0 Å². The molecule has 124 valence electrons. The predicted molar refractivity (Wildman–Crippen MR) is 80.5 cm³/mol. The number of aromatic nitrogens is 1. The SMILES string of the molecule is CCOC(=O)c1sc(=NC(=O)CN2C(=O)CCC2=O)n(C)c1C. The second kappa shape index (κ2) is 6.86. The Morgan fingerprint density at radius 3 is 2.43 bits per heavy atom. The minimum Gasteiger partial charge on any atom is -0.462 e. The number of hydrogen-bond acceptors (Lipinski definition) is 6. The summed E-state index contributed by atoms with van der Waals surface area (Å²) in [6.07, 6.45) is 0.260. The Morgan fingerprint density at radius 1 is 1.26 bits per heavy atom. The molecule has 1 saturated heterocycles. The number of likely N-dealkylation sites (tertiary alicyclic amines) is 1. The number of ether oxygens (including phenoxy) is 1. The Kier molecular flexibility index (Phi) is 5.09. The maximum absolute atomic E-state index is 12.0. The Bertz CT molecular complexity index is 730. The Hall–Kier alpha value is -2.29. The van der Waals surface area contributed by atoms with Crippen LogP contribution in [0.2, 0.25) is 0 Å². The lowest BCUT2D eigenvalue weighted by molar-refractivity contribution is -0.141. The second-order valence-electron chi connectivity index (χ2n) is 4.96. The number of thiazole rings is 1. The zero-order chi connectivity index (χ0) is 17.1. The number of carbonyl (C=O) groups is 4. The van der Waals surface area contributed by atoms with Gasteiger partial charge in [0.25, 0.3) is 5.91 Å². The first-order valence-electron chi connectivity index (χ1n) is 7.09. The van der Waals surface area contributed by atoms with Crippen LogP contribution in [0.4, 0.5) is 0 Å². The molecule has 1 aliphatic rings. The van der Waals surface area contributed by atoms with Crippen LogP contribution >= 0.6 is 11.3 Å². The first-order valence-corrected chi connectivity index (χ1v) is 7.91. The summed E-state index contributed by atoms with van der Waals surface area (Å²) in [6, 6.07) is 0. The molecule has 0 saturated carbocycles. The number of imide groups is 1. The number of hydrogen-bond donors (Lipinski definition) is 0. The van der Waals surface area contributed by atoms with Gasteiger partial charge < -0.3 is 9.30 Å². The number of carbonyl (C=O) groups excluding carboxylic acids is 4. The Balaban J connectivity index is 2.24. The van der Waals surface area contributed by atoms with Crippen LogP contribution in [-0.4, -0.2) is 46.3 Å². The summed E-state index contributed by atoms with van der Waals surface area (Å²) < 4.78 is 6.55. The molecular weight excluding hydrogens is 322 g/mol. The van der Waals surface area contributed by atoms with E-state index in [1.165, 1.54) is 0 Å². The lowest BCUT2D eigenvalue weighted by atomic mass is 10.4. The van der Waals surface area contributed by atoms with Crippen LogP contribution in [0.5, 0.6) is 0 Å². The summed E-state index contributed by atoms with van der Waals surface area (Å²) in [5.74, 6) is -1.81. The average molecular weight is 339 g/mol. The van der Waals surface area contributed by atoms with Gasteiger partial charge in [0, 0.05) is 25.6 Å². The van der Waals surface area contributed by atoms with E-state index in [0.29, 0.717) is 15.4 Å². The molecule has 1 aliphatic heterocycles. The molecule has 2 rings (SSSR count). The fourth-order valence-electron chi connectivity index (χ4n) is 2.09. The molecule has 0 atom stereocenters. The van der Waals surface area contributed by atoms with E-state index in [2.05, 4.69) is 4.99 Å². The molecule has 0 unspecified atom stereocenters. The summed E-state index contributed by atoms with van der Waals surface area (Å²) in [4.78, 5) is 52.3. The summed E-state index contributed by atoms with van der Waals surface area (Å²) >= 11 is 1.03. The zero-order valence-electron chi connectivity index (χ0n) is 13.1. The zero-order valence-corrected chi connectivity index (χ0v) is 13.9. The molecule has 0 radical (unpaired) electrons. The molecule has 1 aromatic heterocycles. The van der Waals surface area contributed by atoms with Crippen molar-refractivity contribution in [2.24, 2.45) is 12.0 Å². The monoisotopic (exact) mass is 339 g/mol. The van der Waals surface area contributed by atoms with Gasteiger partial charge in [-0.15, -0.1) is 0 Å². The molecule has 9 heteroatoms. The van der Waals surface area contributed by atoms with E-state index >= 15 is 0 Å². The smallest absolute Gasteiger partial charge is 0.350 e. The maximum atomic E-state index is 12.0. The van der Waals surface area contributed by atoms with Gasteiger partial charge in [0.15, 0.2) is 4.80 Å². The Morgan fingerprint density at radius 2 is 1.87 bits per heavy atom. The highest BCUT2D eigenvalue weighted by atomic mass is 32.1. The molecule has 3 amide bonds. The first kappa shape index (κ1) is 17.1. The van der Waals surface area contributed by atoms with E-state index in [9.17, 15) is 19.2 Å². The molecule has 0 bridgehead atoms. The van der Waals surface area contributed by atoms with Crippen LogP contribution in [0, 0.1) is 6.92 Å². The number of amides is 3. The van der Waals surface area contributed by atoms with Crippen molar-refractivity contribution in [1.82, 2.24) is 9.47 Å². The van der Waals surface area contributed by atoms with Crippen LogP contribution < -0.4 is 4.80 Å². The van der Waals surface area contributed by atoms with Crippen molar-refractivity contribution in [1.29, 1.82) is 0 Å². The molecule has 0 aliphatic carbocycles. The van der Waals surface area contributed by atoms with E-state index in [0.717, 1.165) is 16.2 Å². The van der Waals surface area contributed by atoms with Gasteiger partial charge in [0.2, 0.25) is 11.8 Å². The van der Waals surface area contributed by atoms with Gasteiger partial charge >= 0.3 is 5.97 Å². The van der Waals surface area contributed by atoms with Gasteiger partial charge in [-0.3, -0.25) is 19.3 Å². The van der Waals surface area contributed by atoms with Gasteiger partial charge in [-0.1, -0.05) is 11.3 Å². The van der Waals surface area contributed by atoms with Crippen molar-refractivity contribution in [2.75, 3.05) is 13.2 Å². The molecule has 0 aromatic carbocycles. The van der Waals surface area contributed by atoms with E-state index in [1.54, 1.807) is 25.5 Å². The van der Waals surface area contributed by atoms with Crippen LogP contribution in [0.25, 0.3) is 0 Å². The lowest BCUT2D eigenvalue weighted by Gasteiger charge is -2.09. The molecule has 8 nitrogen and oxygen atoms in total. The van der Waals surface area contributed by atoms with Gasteiger partial charge in [-0.2, -0.15) is 4.99 Å². The Labute approximate surface area is 136 Å². The summed E-state index contributed by atoms with van der Waals surface area (Å²) in [5.41, 5.74) is 0.633. The fourth-order valence-corrected chi connectivity index (χ4v) is 3.12. The van der Waals surface area contributed by atoms with Crippen molar-refractivity contribution in [2.45, 2.75) is 26.7 Å². The summed E-state index contributed by atoms with van der Waals surface area (Å²) in [5, 5.41) is 0. The van der Waals surface area contributed by atoms with Crippen LogP contribution in [0.1, 0.15) is 35.1 Å². The highest BCUT2D eigenvalue weighted by Crippen LogP contribution is 2.13. The molecule has 1 fully saturated rings. The standard InChI is InChI=1S/C14H17N3O5S/c1-4-22-13(21)12-8(2)16(3)14(23-12)15-9(18)7-17-10(19)5-6-11(17)20/h4-7H2,1-3H3. The van der Waals surface area contributed by atoms with Gasteiger partial charge in [-0.25, -0.2) is 4.79 Å². The van der Waals surface area contributed by atoms with Crippen molar-refractivity contribution in [3.05, 3.63) is 15.4 Å². The number of esters is 1. The molecular formula is C14H17N3O5S. The highest BCUT2D eigenvalue weighted by molar-refractivity contribution is 7.11. The highest BCUT2D eigenvalue weighted by Gasteiger charge is 2.30. The van der Waals surface area contributed by atoms with Crippen LogP contribution in [0.15, 0.2) is 4.99 Å². The minimum atomic E-state index is -0.610. The second-order valence-corrected chi connectivity index (χ2v) is 5.94. The third-order valence-electron chi connectivity index (χ3n) is 3.44. The van der Waals surface area contributed by atoms with Gasteiger partial charge in [-0.05, 0) is 13.8 Å². The normalized spacial score (nSPS) is 15.4. The van der Waals surface area contributed by atoms with E-state index < -0.39 is 11.9 Å². The quantitative estimate of drug-likeness (QED) is 0.574. The van der Waals surface area contributed by atoms with Crippen molar-refractivity contribution >= 4 is 35.0 Å². The lowest BCUT2D eigenvalue weighted by Crippen LogP contribution is -2.34. The van der Waals surface area contributed by atoms with Crippen LogP contribution in [-0.2, 0) is 26.2 Å². The van der Waals surface area contributed by atoms with Gasteiger partial charge in [0.1, 0.15) is 11.4 Å². The summed E-state index contributed by atoms with van der Waals surface area (Å²) in [6.45, 7) is 3.31. The molecule has 0 spiro atoms. The van der Waals surface area contributed by atoms with E-state index in [-0.39, 0.29) is 37.8 Å². The first-order chi connectivity index (χ1) is 10.8. The largest absolute Gasteiger partial charge is 0.462 e. The average Bonchev–Trinajstić information content (AvgIpc) is 2.95. The third kappa shape index (κ3) is 3.55. The third-order valence-corrected chi connectivity index (χ3v) is 4.66. The molecule has 23 heavy (non-hydrogen) atoms. The van der Waals surface area contributed by atoms with Crippen molar-refractivity contribution in [3.63, 3.8) is 0 Å².